The summed E-state index contributed by atoms with van der Waals surface area (Å²) in [6.45, 7) is 4.25. The number of nitrogens with zero attached hydrogens (tertiary/aromatic N) is 2. The second-order valence-corrected chi connectivity index (χ2v) is 7.02. The van der Waals surface area contributed by atoms with Gasteiger partial charge in [-0.05, 0) is 60.7 Å². The second kappa shape index (κ2) is 7.80. The number of fused-ring (bicyclic) bond motifs is 1. The Balaban J connectivity index is 1.69. The van der Waals surface area contributed by atoms with Crippen molar-refractivity contribution in [2.45, 2.75) is 20.4 Å². The number of amides is 1. The quantitative estimate of drug-likeness (QED) is 0.539. The molecule has 0 unspecified atom stereocenters. The standard InChI is InChI=1S/C24H20FN3O/c1-15-12-27-23(20-5-3-4-6-22(20)25)21-11-18(9-10-19(15)21)24(29)28-14-17-8-7-16(2)26-13-17/h3-13H,14H2,1-2H3,(H,28,29). The van der Waals surface area contributed by atoms with Crippen molar-refractivity contribution in [3.63, 3.8) is 0 Å². The summed E-state index contributed by atoms with van der Waals surface area (Å²) in [5.41, 5.74) is 4.27. The number of hydrogen-bond donors (Lipinski definition) is 1. The molecule has 29 heavy (non-hydrogen) atoms. The van der Waals surface area contributed by atoms with Crippen molar-refractivity contribution in [1.29, 1.82) is 0 Å². The number of nitrogens with one attached hydrogen (secondary N) is 1. The third-order valence-corrected chi connectivity index (χ3v) is 4.90. The Morgan fingerprint density at radius 2 is 1.79 bits per heavy atom. The first-order valence-electron chi connectivity index (χ1n) is 9.37. The summed E-state index contributed by atoms with van der Waals surface area (Å²) in [5.74, 6) is -0.541. The van der Waals surface area contributed by atoms with Crippen LogP contribution in [0.15, 0.2) is 67.0 Å². The van der Waals surface area contributed by atoms with Crippen molar-refractivity contribution in [2.75, 3.05) is 0 Å². The number of carbonyl (C=O) groups excluding carboxylic acids is 1. The highest BCUT2D eigenvalue weighted by Gasteiger charge is 2.14. The zero-order valence-electron chi connectivity index (χ0n) is 16.2. The first kappa shape index (κ1) is 18.7. The predicted molar refractivity (Wildman–Crippen MR) is 112 cm³/mol. The van der Waals surface area contributed by atoms with Crippen LogP contribution >= 0.6 is 0 Å². The van der Waals surface area contributed by atoms with Crippen molar-refractivity contribution in [3.05, 3.63) is 95.2 Å². The first-order chi connectivity index (χ1) is 14.0. The van der Waals surface area contributed by atoms with E-state index in [0.29, 0.717) is 23.4 Å². The van der Waals surface area contributed by atoms with Crippen molar-refractivity contribution >= 4 is 16.7 Å². The minimum atomic E-state index is -0.341. The number of benzene rings is 2. The van der Waals surface area contributed by atoms with Crippen LogP contribution in [0.2, 0.25) is 0 Å². The second-order valence-electron chi connectivity index (χ2n) is 7.02. The van der Waals surface area contributed by atoms with E-state index in [2.05, 4.69) is 15.3 Å². The molecule has 0 saturated carbocycles. The lowest BCUT2D eigenvalue weighted by Crippen LogP contribution is -2.22. The average molecular weight is 385 g/mol. The van der Waals surface area contributed by atoms with Crippen molar-refractivity contribution in [1.82, 2.24) is 15.3 Å². The minimum absolute atomic E-state index is 0.200. The molecule has 0 bridgehead atoms. The maximum Gasteiger partial charge on any atom is 0.251 e. The molecule has 2 aromatic heterocycles. The average Bonchev–Trinajstić information content (AvgIpc) is 2.74. The maximum absolute atomic E-state index is 14.4. The Bertz CT molecular complexity index is 1200. The fourth-order valence-electron chi connectivity index (χ4n) is 3.28. The summed E-state index contributed by atoms with van der Waals surface area (Å²) in [4.78, 5) is 21.4. The molecule has 0 atom stereocenters. The van der Waals surface area contributed by atoms with Gasteiger partial charge in [0.25, 0.3) is 5.91 Å². The van der Waals surface area contributed by atoms with Crippen LogP contribution in [0.5, 0.6) is 0 Å². The Morgan fingerprint density at radius 3 is 2.55 bits per heavy atom. The number of halogens is 1. The summed E-state index contributed by atoms with van der Waals surface area (Å²) in [7, 11) is 0. The van der Waals surface area contributed by atoms with Gasteiger partial charge in [0.05, 0.1) is 5.69 Å². The van der Waals surface area contributed by atoms with Gasteiger partial charge in [0.2, 0.25) is 0 Å². The van der Waals surface area contributed by atoms with Crippen molar-refractivity contribution in [3.8, 4) is 11.3 Å². The summed E-state index contributed by atoms with van der Waals surface area (Å²) in [5, 5.41) is 4.60. The number of hydrogen-bond acceptors (Lipinski definition) is 3. The predicted octanol–water partition coefficient (Wildman–Crippen LogP) is 4.98. The number of pyridine rings is 2. The van der Waals surface area contributed by atoms with Gasteiger partial charge in [0.15, 0.2) is 0 Å². The Labute approximate surface area is 168 Å². The molecule has 0 radical (unpaired) electrons. The van der Waals surface area contributed by atoms with E-state index in [0.717, 1.165) is 27.6 Å². The Morgan fingerprint density at radius 1 is 0.966 bits per heavy atom. The fourth-order valence-corrected chi connectivity index (χ4v) is 3.28. The van der Waals surface area contributed by atoms with Crippen LogP contribution in [0, 0.1) is 19.7 Å². The molecular weight excluding hydrogens is 365 g/mol. The number of carbonyl (C=O) groups is 1. The number of rotatable bonds is 4. The van der Waals surface area contributed by atoms with Gasteiger partial charge < -0.3 is 5.32 Å². The van der Waals surface area contributed by atoms with Gasteiger partial charge in [-0.1, -0.05) is 24.3 Å². The largest absolute Gasteiger partial charge is 0.348 e. The molecule has 1 amide bonds. The van der Waals surface area contributed by atoms with Gasteiger partial charge in [0, 0.05) is 41.1 Å². The number of aryl methyl sites for hydroxylation is 2. The van der Waals surface area contributed by atoms with Gasteiger partial charge in [-0.2, -0.15) is 0 Å². The van der Waals surface area contributed by atoms with Crippen LogP contribution in [0.3, 0.4) is 0 Å². The molecule has 0 fully saturated rings. The molecule has 144 valence electrons. The minimum Gasteiger partial charge on any atom is -0.348 e. The summed E-state index contributed by atoms with van der Waals surface area (Å²) in [6.07, 6.45) is 3.48. The summed E-state index contributed by atoms with van der Waals surface area (Å²) in [6, 6.07) is 15.8. The SMILES string of the molecule is Cc1ccc(CNC(=O)c2ccc3c(C)cnc(-c4ccccc4F)c3c2)cn1. The monoisotopic (exact) mass is 385 g/mol. The molecule has 0 aliphatic carbocycles. The smallest absolute Gasteiger partial charge is 0.251 e. The number of aromatic nitrogens is 2. The fraction of sp³-hybridized carbons (Fsp3) is 0.125. The van der Waals surface area contributed by atoms with Gasteiger partial charge in [-0.25, -0.2) is 4.39 Å². The molecule has 5 heteroatoms. The lowest BCUT2D eigenvalue weighted by molar-refractivity contribution is 0.0951. The molecule has 0 aliphatic rings. The highest BCUT2D eigenvalue weighted by Crippen LogP contribution is 2.30. The van der Waals surface area contributed by atoms with E-state index in [1.807, 2.05) is 32.0 Å². The zero-order valence-corrected chi connectivity index (χ0v) is 16.2. The van der Waals surface area contributed by atoms with Crippen molar-refractivity contribution in [2.24, 2.45) is 0 Å². The van der Waals surface area contributed by atoms with Crippen LogP contribution in [0.4, 0.5) is 4.39 Å². The highest BCUT2D eigenvalue weighted by molar-refractivity contribution is 6.03. The lowest BCUT2D eigenvalue weighted by Gasteiger charge is -2.11. The van der Waals surface area contributed by atoms with E-state index in [4.69, 9.17) is 0 Å². The lowest BCUT2D eigenvalue weighted by atomic mass is 9.98. The maximum atomic E-state index is 14.4. The van der Waals surface area contributed by atoms with Crippen LogP contribution < -0.4 is 5.32 Å². The molecule has 4 nitrogen and oxygen atoms in total. The van der Waals surface area contributed by atoms with Crippen molar-refractivity contribution < 1.29 is 9.18 Å². The van der Waals surface area contributed by atoms with Gasteiger partial charge in [-0.3, -0.25) is 14.8 Å². The van der Waals surface area contributed by atoms with Crippen LogP contribution in [0.1, 0.15) is 27.2 Å². The molecule has 2 aromatic carbocycles. The van der Waals surface area contributed by atoms with Crippen LogP contribution in [0.25, 0.3) is 22.0 Å². The zero-order chi connectivity index (χ0) is 20.4. The topological polar surface area (TPSA) is 54.9 Å². The Hall–Kier alpha value is -3.60. The third-order valence-electron chi connectivity index (χ3n) is 4.90. The van der Waals surface area contributed by atoms with Crippen LogP contribution in [-0.4, -0.2) is 15.9 Å². The van der Waals surface area contributed by atoms with E-state index < -0.39 is 0 Å². The summed E-state index contributed by atoms with van der Waals surface area (Å²) >= 11 is 0. The molecule has 0 spiro atoms. The highest BCUT2D eigenvalue weighted by atomic mass is 19.1. The molecular formula is C24H20FN3O. The van der Waals surface area contributed by atoms with Crippen LogP contribution in [-0.2, 0) is 6.54 Å². The molecule has 4 rings (SSSR count). The van der Waals surface area contributed by atoms with Gasteiger partial charge >= 0.3 is 0 Å². The molecule has 0 aliphatic heterocycles. The Kier molecular flexibility index (Phi) is 5.04. The molecule has 4 aromatic rings. The summed E-state index contributed by atoms with van der Waals surface area (Å²) < 4.78 is 14.4. The van der Waals surface area contributed by atoms with Gasteiger partial charge in [-0.15, -0.1) is 0 Å². The van der Waals surface area contributed by atoms with E-state index in [9.17, 15) is 9.18 Å². The van der Waals surface area contributed by atoms with E-state index in [1.165, 1.54) is 6.07 Å². The first-order valence-corrected chi connectivity index (χ1v) is 9.37. The molecule has 0 saturated heterocycles. The normalized spacial score (nSPS) is 10.9. The van der Waals surface area contributed by atoms with Gasteiger partial charge in [0.1, 0.15) is 5.82 Å². The third kappa shape index (κ3) is 3.85. The van der Waals surface area contributed by atoms with E-state index in [-0.39, 0.29) is 11.7 Å². The van der Waals surface area contributed by atoms with E-state index in [1.54, 1.807) is 42.7 Å². The van der Waals surface area contributed by atoms with E-state index >= 15 is 0 Å². The molecule has 1 N–H and O–H groups in total. The molecule has 2 heterocycles.